The molecule has 158 valence electrons. The highest BCUT2D eigenvalue weighted by atomic mass is 19.1. The minimum absolute atomic E-state index is 0.0293. The Morgan fingerprint density at radius 3 is 2.53 bits per heavy atom. The number of ether oxygens (including phenoxy) is 1. The molecule has 1 aliphatic heterocycles. The molecule has 1 unspecified atom stereocenters. The second kappa shape index (κ2) is 8.67. The Bertz CT molecular complexity index is 1020. The van der Waals surface area contributed by atoms with Crippen LogP contribution in [-0.2, 0) is 9.59 Å². The summed E-state index contributed by atoms with van der Waals surface area (Å²) in [6, 6.07) is 10.3. The first-order valence-corrected chi connectivity index (χ1v) is 9.58. The number of hydrogen-bond donors (Lipinski definition) is 1. The van der Waals surface area contributed by atoms with Crippen LogP contribution in [0.25, 0.3) is 5.76 Å². The number of likely N-dealkylation sites (tertiary alicyclic amines) is 1. The van der Waals surface area contributed by atoms with Gasteiger partial charge in [0.15, 0.2) is 0 Å². The molecule has 2 aromatic carbocycles. The molecule has 0 aliphatic carbocycles. The Morgan fingerprint density at radius 1 is 1.20 bits per heavy atom. The highest BCUT2D eigenvalue weighted by Gasteiger charge is 2.46. The summed E-state index contributed by atoms with van der Waals surface area (Å²) >= 11 is 0. The summed E-state index contributed by atoms with van der Waals surface area (Å²) in [4.78, 5) is 29.3. The molecule has 1 amide bonds. The molecule has 0 saturated carbocycles. The average Bonchev–Trinajstić information content (AvgIpc) is 2.96. The van der Waals surface area contributed by atoms with E-state index in [1.165, 1.54) is 24.1 Å². The maximum Gasteiger partial charge on any atom is 0.295 e. The molecule has 6 nitrogen and oxygen atoms in total. The maximum absolute atomic E-state index is 13.9. The van der Waals surface area contributed by atoms with Gasteiger partial charge in [-0.1, -0.05) is 24.3 Å². The van der Waals surface area contributed by atoms with E-state index < -0.39 is 29.3 Å². The minimum Gasteiger partial charge on any atom is -0.507 e. The van der Waals surface area contributed by atoms with E-state index in [1.807, 2.05) is 50.2 Å². The third-order valence-electron chi connectivity index (χ3n) is 5.23. The van der Waals surface area contributed by atoms with Crippen LogP contribution in [0.2, 0.25) is 0 Å². The summed E-state index contributed by atoms with van der Waals surface area (Å²) in [5.41, 5.74) is 1.56. The smallest absolute Gasteiger partial charge is 0.295 e. The number of carbonyl (C=O) groups excluding carboxylic acids is 2. The van der Waals surface area contributed by atoms with Crippen LogP contribution in [0.1, 0.15) is 22.7 Å². The van der Waals surface area contributed by atoms with Crippen LogP contribution >= 0.6 is 0 Å². The van der Waals surface area contributed by atoms with Gasteiger partial charge < -0.3 is 19.6 Å². The van der Waals surface area contributed by atoms with Gasteiger partial charge in [0.2, 0.25) is 0 Å². The first-order valence-electron chi connectivity index (χ1n) is 9.58. The van der Waals surface area contributed by atoms with Gasteiger partial charge in [0.1, 0.15) is 17.3 Å². The van der Waals surface area contributed by atoms with Crippen molar-refractivity contribution in [3.05, 3.63) is 70.5 Å². The van der Waals surface area contributed by atoms with Gasteiger partial charge in [-0.3, -0.25) is 9.59 Å². The number of rotatable bonds is 6. The van der Waals surface area contributed by atoms with E-state index in [0.29, 0.717) is 13.1 Å². The van der Waals surface area contributed by atoms with Crippen LogP contribution in [0.5, 0.6) is 5.75 Å². The molecule has 30 heavy (non-hydrogen) atoms. The van der Waals surface area contributed by atoms with Crippen LogP contribution < -0.4 is 4.74 Å². The fourth-order valence-electron chi connectivity index (χ4n) is 3.65. The predicted molar refractivity (Wildman–Crippen MR) is 112 cm³/mol. The zero-order chi connectivity index (χ0) is 22.0. The first-order chi connectivity index (χ1) is 14.3. The zero-order valence-corrected chi connectivity index (χ0v) is 17.5. The number of Topliss-reactive ketones (excluding diaryl/α,β-unsaturated/α-hetero) is 1. The van der Waals surface area contributed by atoms with Crippen molar-refractivity contribution >= 4 is 17.4 Å². The molecule has 0 spiro atoms. The summed E-state index contributed by atoms with van der Waals surface area (Å²) in [6.07, 6.45) is 0. The van der Waals surface area contributed by atoms with Crippen LogP contribution in [-0.4, -0.2) is 60.9 Å². The van der Waals surface area contributed by atoms with Gasteiger partial charge in [0, 0.05) is 13.1 Å². The summed E-state index contributed by atoms with van der Waals surface area (Å²) in [5, 5.41) is 11.1. The van der Waals surface area contributed by atoms with E-state index in [0.717, 1.165) is 17.2 Å². The van der Waals surface area contributed by atoms with Crippen molar-refractivity contribution in [3.8, 4) is 5.75 Å². The Morgan fingerprint density at radius 2 is 1.90 bits per heavy atom. The number of carbonyl (C=O) groups is 2. The van der Waals surface area contributed by atoms with Gasteiger partial charge in [-0.05, 0) is 50.3 Å². The van der Waals surface area contributed by atoms with Crippen LogP contribution in [0.3, 0.4) is 0 Å². The lowest BCUT2D eigenvalue weighted by molar-refractivity contribution is -0.140. The van der Waals surface area contributed by atoms with Gasteiger partial charge in [-0.25, -0.2) is 4.39 Å². The average molecular weight is 412 g/mol. The van der Waals surface area contributed by atoms with Crippen molar-refractivity contribution in [2.75, 3.05) is 34.3 Å². The number of ketones is 1. The van der Waals surface area contributed by atoms with Crippen LogP contribution in [0.15, 0.2) is 48.0 Å². The molecule has 0 aromatic heterocycles. The van der Waals surface area contributed by atoms with E-state index in [9.17, 15) is 19.1 Å². The topological polar surface area (TPSA) is 70.1 Å². The number of aryl methyl sites for hydroxylation is 1. The fraction of sp³-hybridized carbons (Fsp3) is 0.304. The Hall–Kier alpha value is -3.19. The molecular weight excluding hydrogens is 387 g/mol. The standard InChI is InChI=1S/C23H25FN2O4/c1-14-7-5-6-8-16(14)20-19(22(28)23(29)26(20)12-11-25(2)3)21(27)17-13-15(24)9-10-18(17)30-4/h5-10,13,20,27H,11-12H2,1-4H3/b21-19+. The van der Waals surface area contributed by atoms with Crippen molar-refractivity contribution in [2.24, 2.45) is 0 Å². The lowest BCUT2D eigenvalue weighted by atomic mass is 9.92. The largest absolute Gasteiger partial charge is 0.507 e. The summed E-state index contributed by atoms with van der Waals surface area (Å²) in [7, 11) is 5.13. The number of aliphatic hydroxyl groups is 1. The lowest BCUT2D eigenvalue weighted by Crippen LogP contribution is -2.35. The highest BCUT2D eigenvalue weighted by Crippen LogP contribution is 2.41. The molecule has 1 heterocycles. The summed E-state index contributed by atoms with van der Waals surface area (Å²) in [5.74, 6) is -2.33. The Labute approximate surface area is 175 Å². The van der Waals surface area contributed by atoms with Crippen LogP contribution in [0.4, 0.5) is 4.39 Å². The van der Waals surface area contributed by atoms with E-state index in [1.54, 1.807) is 0 Å². The van der Waals surface area contributed by atoms with E-state index in [-0.39, 0.29) is 16.9 Å². The molecule has 1 aliphatic rings. The van der Waals surface area contributed by atoms with E-state index >= 15 is 0 Å². The van der Waals surface area contributed by atoms with Gasteiger partial charge >= 0.3 is 0 Å². The molecular formula is C23H25FN2O4. The number of methoxy groups -OCH3 is 1. The van der Waals surface area contributed by atoms with E-state index in [4.69, 9.17) is 4.74 Å². The highest BCUT2D eigenvalue weighted by molar-refractivity contribution is 6.46. The third kappa shape index (κ3) is 3.93. The second-order valence-corrected chi connectivity index (χ2v) is 7.50. The van der Waals surface area contributed by atoms with Crippen molar-refractivity contribution in [1.82, 2.24) is 9.80 Å². The van der Waals surface area contributed by atoms with Crippen LogP contribution in [0, 0.1) is 12.7 Å². The molecule has 3 rings (SSSR count). The fourth-order valence-corrected chi connectivity index (χ4v) is 3.65. The Balaban J connectivity index is 2.24. The molecule has 1 fully saturated rings. The van der Waals surface area contributed by atoms with Gasteiger partial charge in [0.05, 0.1) is 24.3 Å². The molecule has 2 aromatic rings. The predicted octanol–water partition coefficient (Wildman–Crippen LogP) is 3.13. The maximum atomic E-state index is 13.9. The molecule has 0 bridgehead atoms. The van der Waals surface area contributed by atoms with Gasteiger partial charge in [-0.15, -0.1) is 0 Å². The van der Waals surface area contributed by atoms with Crippen molar-refractivity contribution in [1.29, 1.82) is 0 Å². The van der Waals surface area contributed by atoms with Gasteiger partial charge in [-0.2, -0.15) is 0 Å². The first kappa shape index (κ1) is 21.5. The number of hydrogen-bond acceptors (Lipinski definition) is 5. The molecule has 1 saturated heterocycles. The summed E-state index contributed by atoms with van der Waals surface area (Å²) < 4.78 is 19.2. The SMILES string of the molecule is COc1ccc(F)cc1/C(O)=C1\C(=O)C(=O)N(CCN(C)C)C1c1ccccc1C. The van der Waals surface area contributed by atoms with Gasteiger partial charge in [0.25, 0.3) is 11.7 Å². The number of halogens is 1. The minimum atomic E-state index is -0.800. The van der Waals surface area contributed by atoms with Crippen molar-refractivity contribution in [3.63, 3.8) is 0 Å². The van der Waals surface area contributed by atoms with E-state index in [2.05, 4.69) is 0 Å². The van der Waals surface area contributed by atoms with Crippen molar-refractivity contribution < 1.29 is 23.8 Å². The quantitative estimate of drug-likeness (QED) is 0.449. The molecule has 0 radical (unpaired) electrons. The van der Waals surface area contributed by atoms with Crippen molar-refractivity contribution in [2.45, 2.75) is 13.0 Å². The number of amides is 1. The molecule has 1 atom stereocenters. The number of nitrogens with zero attached hydrogens (tertiary/aromatic N) is 2. The number of benzene rings is 2. The lowest BCUT2D eigenvalue weighted by Gasteiger charge is -2.27. The molecule has 7 heteroatoms. The summed E-state index contributed by atoms with van der Waals surface area (Å²) in [6.45, 7) is 2.72. The normalized spacial score (nSPS) is 18.3. The monoisotopic (exact) mass is 412 g/mol. The molecule has 1 N–H and O–H groups in total. The number of aliphatic hydroxyl groups excluding tert-OH is 1. The number of likely N-dealkylation sites (N-methyl/N-ethyl adjacent to an activating group) is 1. The second-order valence-electron chi connectivity index (χ2n) is 7.50. The third-order valence-corrected chi connectivity index (χ3v) is 5.23. The zero-order valence-electron chi connectivity index (χ0n) is 17.5. The Kier molecular flexibility index (Phi) is 6.22.